The average molecular weight is 648 g/mol. The Balaban J connectivity index is 1.16. The van der Waals surface area contributed by atoms with Crippen molar-refractivity contribution >= 4 is 34.1 Å². The zero-order valence-electron chi connectivity index (χ0n) is 26.4. The molecule has 13 heteroatoms. The Hall–Kier alpha value is -4.30. The number of aliphatic hydroxyl groups is 1. The van der Waals surface area contributed by atoms with E-state index < -0.39 is 0 Å². The van der Waals surface area contributed by atoms with Crippen LogP contribution in [0.25, 0.3) is 5.69 Å². The van der Waals surface area contributed by atoms with Gasteiger partial charge in [0.15, 0.2) is 5.13 Å². The van der Waals surface area contributed by atoms with Crippen LogP contribution in [-0.2, 0) is 17.9 Å². The highest BCUT2D eigenvalue weighted by Gasteiger charge is 2.18. The number of carbonyl (C=O) groups excluding carboxylic acids is 2. The van der Waals surface area contributed by atoms with E-state index >= 15 is 0 Å². The van der Waals surface area contributed by atoms with Gasteiger partial charge in [0.25, 0.3) is 5.91 Å². The van der Waals surface area contributed by atoms with Gasteiger partial charge in [-0.1, -0.05) is 25.2 Å². The van der Waals surface area contributed by atoms with Crippen molar-refractivity contribution in [3.8, 4) is 16.5 Å². The molecule has 1 aliphatic heterocycles. The number of hydrogen-bond acceptors (Lipinski definition) is 9. The summed E-state index contributed by atoms with van der Waals surface area (Å²) in [5.41, 5.74) is 3.67. The molecule has 4 N–H and O–H groups in total. The quantitative estimate of drug-likeness (QED) is 0.143. The molecular weight excluding hydrogens is 606 g/mol. The average Bonchev–Trinajstić information content (AvgIpc) is 3.72. The second-order valence-corrected chi connectivity index (χ2v) is 12.2. The third kappa shape index (κ3) is 8.91. The Morgan fingerprint density at radius 1 is 1.07 bits per heavy atom. The number of nitrogens with one attached hydrogen (secondary N) is 3. The van der Waals surface area contributed by atoms with Gasteiger partial charge in [0.05, 0.1) is 30.3 Å². The lowest BCUT2D eigenvalue weighted by Gasteiger charge is -2.28. The van der Waals surface area contributed by atoms with E-state index in [9.17, 15) is 14.7 Å². The number of ether oxygens (including phenoxy) is 2. The molecule has 1 fully saturated rings. The Kier molecular flexibility index (Phi) is 11.4. The molecule has 0 radical (unpaired) electrons. The highest BCUT2D eigenvalue weighted by Crippen LogP contribution is 2.34. The van der Waals surface area contributed by atoms with Crippen LogP contribution in [0.5, 0.6) is 10.8 Å². The predicted octanol–water partition coefficient (Wildman–Crippen LogP) is 5.79. The van der Waals surface area contributed by atoms with E-state index in [1.165, 1.54) is 11.3 Å². The number of benzene rings is 2. The van der Waals surface area contributed by atoms with E-state index in [2.05, 4.69) is 30.9 Å². The predicted molar refractivity (Wildman–Crippen MR) is 178 cm³/mol. The molecule has 0 aliphatic carbocycles. The first kappa shape index (κ1) is 33.1. The topological polar surface area (TPSA) is 143 Å². The maximum absolute atomic E-state index is 13.0. The van der Waals surface area contributed by atoms with Gasteiger partial charge in [0.2, 0.25) is 5.06 Å². The third-order valence-corrected chi connectivity index (χ3v) is 8.63. The van der Waals surface area contributed by atoms with Crippen molar-refractivity contribution in [2.45, 2.75) is 64.8 Å². The number of aromatic nitrogens is 3. The fraction of sp³-hybridized carbons (Fsp3) is 0.394. The van der Waals surface area contributed by atoms with E-state index in [4.69, 9.17) is 9.47 Å². The molecule has 4 aromatic rings. The lowest BCUT2D eigenvalue weighted by atomic mass is 10.1. The van der Waals surface area contributed by atoms with Crippen LogP contribution in [0.3, 0.4) is 0 Å². The molecule has 0 saturated carbocycles. The van der Waals surface area contributed by atoms with E-state index in [0.29, 0.717) is 27.2 Å². The van der Waals surface area contributed by atoms with Crippen molar-refractivity contribution in [1.82, 2.24) is 25.0 Å². The minimum Gasteiger partial charge on any atom is -0.445 e. The Bertz CT molecular complexity index is 1590. The Morgan fingerprint density at radius 3 is 2.54 bits per heavy atom. The largest absolute Gasteiger partial charge is 0.445 e. The number of amides is 3. The molecule has 5 rings (SSSR count). The number of piperidine rings is 1. The molecule has 0 bridgehead atoms. The smallest absolute Gasteiger partial charge is 0.319 e. The van der Waals surface area contributed by atoms with Gasteiger partial charge < -0.3 is 25.2 Å². The number of anilines is 2. The van der Waals surface area contributed by atoms with Crippen LogP contribution in [0, 0.1) is 0 Å². The molecule has 3 amide bonds. The summed E-state index contributed by atoms with van der Waals surface area (Å²) in [5, 5.41) is 24.0. The fourth-order valence-electron chi connectivity index (χ4n) is 5.17. The summed E-state index contributed by atoms with van der Waals surface area (Å²) in [6.07, 6.45) is 6.57. The van der Waals surface area contributed by atoms with Crippen molar-refractivity contribution in [2.24, 2.45) is 0 Å². The lowest BCUT2D eigenvalue weighted by Crippen LogP contribution is -2.37. The summed E-state index contributed by atoms with van der Waals surface area (Å²) >= 11 is 1.20. The number of rotatable bonds is 13. The van der Waals surface area contributed by atoms with E-state index in [0.717, 1.165) is 62.3 Å². The summed E-state index contributed by atoms with van der Waals surface area (Å²) in [4.78, 5) is 32.0. The Morgan fingerprint density at radius 2 is 1.83 bits per heavy atom. The molecule has 12 nitrogen and oxygen atoms in total. The van der Waals surface area contributed by atoms with Crippen LogP contribution in [0.1, 0.15) is 61.1 Å². The summed E-state index contributed by atoms with van der Waals surface area (Å²) in [7, 11) is 1.59. The minimum absolute atomic E-state index is 0.115. The maximum atomic E-state index is 13.0. The second kappa shape index (κ2) is 15.8. The number of methoxy groups -OCH3 is 1. The first-order valence-electron chi connectivity index (χ1n) is 15.5. The molecule has 0 spiro atoms. The van der Waals surface area contributed by atoms with Gasteiger partial charge in [-0.15, -0.1) is 0 Å². The zero-order chi connectivity index (χ0) is 32.5. The number of aliphatic hydroxyl groups excluding tert-OH is 1. The lowest BCUT2D eigenvalue weighted by molar-refractivity contribution is 0.0786. The number of urea groups is 1. The monoisotopic (exact) mass is 647 g/mol. The maximum Gasteiger partial charge on any atom is 0.319 e. The molecule has 1 saturated heterocycles. The number of thiazole rings is 1. The van der Waals surface area contributed by atoms with Gasteiger partial charge in [-0.3, -0.25) is 15.0 Å². The first-order chi connectivity index (χ1) is 22.3. The molecule has 2 aromatic carbocycles. The van der Waals surface area contributed by atoms with E-state index in [1.807, 2.05) is 44.3 Å². The van der Waals surface area contributed by atoms with Crippen LogP contribution in [-0.4, -0.2) is 69.1 Å². The number of hydrogen-bond donors (Lipinski definition) is 4. The van der Waals surface area contributed by atoms with Crippen LogP contribution >= 0.6 is 11.3 Å². The molecule has 244 valence electrons. The van der Waals surface area contributed by atoms with Gasteiger partial charge >= 0.3 is 6.03 Å². The van der Waals surface area contributed by atoms with Crippen molar-refractivity contribution in [3.63, 3.8) is 0 Å². The van der Waals surface area contributed by atoms with Crippen LogP contribution in [0.2, 0.25) is 0 Å². The van der Waals surface area contributed by atoms with Gasteiger partial charge in [0, 0.05) is 55.8 Å². The summed E-state index contributed by atoms with van der Waals surface area (Å²) in [6.45, 7) is 6.82. The van der Waals surface area contributed by atoms with Gasteiger partial charge in [-0.05, 0) is 74.2 Å². The normalized spacial score (nSPS) is 13.9. The highest BCUT2D eigenvalue weighted by atomic mass is 32.1. The van der Waals surface area contributed by atoms with Gasteiger partial charge in [0.1, 0.15) is 5.75 Å². The standard InChI is InChI=1S/C33H41N7O5S/c1-4-24(5-2)35-32(43)36-25-8-11-29(23(18-25)21-44-3)45-30-19-34-33(46-30)37-31(42)22-6-9-27(10-7-22)40-17-12-26(38-40)20-39-15-13-28(41)14-16-39/h6-12,17-19,24,28,41H,4-5,13-16,20-21H2,1-3H3,(H,34,37,42)(H2,35,36,43). The summed E-state index contributed by atoms with van der Waals surface area (Å²) < 4.78 is 13.2. The number of nitrogens with zero attached hydrogens (tertiary/aromatic N) is 4. The minimum atomic E-state index is -0.289. The van der Waals surface area contributed by atoms with Crippen molar-refractivity contribution < 1.29 is 24.2 Å². The van der Waals surface area contributed by atoms with Crippen LogP contribution in [0.15, 0.2) is 60.9 Å². The van der Waals surface area contributed by atoms with Gasteiger partial charge in [-0.25, -0.2) is 14.5 Å². The molecule has 0 atom stereocenters. The molecular formula is C33H41N7O5S. The molecule has 46 heavy (non-hydrogen) atoms. The number of carbonyl (C=O) groups is 2. The third-order valence-electron chi connectivity index (χ3n) is 7.84. The molecule has 2 aromatic heterocycles. The van der Waals surface area contributed by atoms with Crippen LogP contribution < -0.4 is 20.7 Å². The second-order valence-electron chi connectivity index (χ2n) is 11.2. The van der Waals surface area contributed by atoms with Crippen molar-refractivity contribution in [2.75, 3.05) is 30.8 Å². The highest BCUT2D eigenvalue weighted by molar-refractivity contribution is 7.17. The summed E-state index contributed by atoms with van der Waals surface area (Å²) in [6, 6.07) is 14.4. The van der Waals surface area contributed by atoms with E-state index in [-0.39, 0.29) is 30.7 Å². The number of likely N-dealkylation sites (tertiary alicyclic amines) is 1. The van der Waals surface area contributed by atoms with Crippen LogP contribution in [0.4, 0.5) is 15.6 Å². The molecule has 0 unspecified atom stereocenters. The van der Waals surface area contributed by atoms with Crippen molar-refractivity contribution in [1.29, 1.82) is 0 Å². The van der Waals surface area contributed by atoms with Crippen molar-refractivity contribution in [3.05, 3.63) is 77.7 Å². The zero-order valence-corrected chi connectivity index (χ0v) is 27.2. The first-order valence-corrected chi connectivity index (χ1v) is 16.3. The fourth-order valence-corrected chi connectivity index (χ4v) is 5.85. The van der Waals surface area contributed by atoms with E-state index in [1.54, 1.807) is 42.3 Å². The molecule has 1 aliphatic rings. The van der Waals surface area contributed by atoms with Gasteiger partial charge in [-0.2, -0.15) is 5.10 Å². The molecule has 3 heterocycles. The summed E-state index contributed by atoms with van der Waals surface area (Å²) in [5.74, 6) is 0.268. The SMILES string of the molecule is CCC(CC)NC(=O)Nc1ccc(Oc2cnc(NC(=O)c3ccc(-n4ccc(CN5CCC(O)CC5)n4)cc3)s2)c(COC)c1. The Labute approximate surface area is 272 Å².